The van der Waals surface area contributed by atoms with Crippen molar-refractivity contribution in [1.29, 1.82) is 0 Å². The summed E-state index contributed by atoms with van der Waals surface area (Å²) in [6.07, 6.45) is 2.90. The van der Waals surface area contributed by atoms with E-state index in [-0.39, 0.29) is 11.9 Å². The van der Waals surface area contributed by atoms with Gasteiger partial charge >= 0.3 is 0 Å². The van der Waals surface area contributed by atoms with Crippen LogP contribution in [0.4, 0.5) is 5.69 Å². The highest BCUT2D eigenvalue weighted by Crippen LogP contribution is 2.15. The van der Waals surface area contributed by atoms with E-state index in [1.165, 1.54) is 12.5 Å². The number of nitrogens with one attached hydrogen (secondary N) is 1. The number of nitrogens with two attached hydrogens (primary N) is 1. The molecule has 1 heterocycles. The van der Waals surface area contributed by atoms with Gasteiger partial charge in [0.2, 0.25) is 0 Å². The molecule has 4 heteroatoms. The summed E-state index contributed by atoms with van der Waals surface area (Å²) in [5, 5.41) is 2.88. The monoisotopic (exact) mass is 230 g/mol. The van der Waals surface area contributed by atoms with Gasteiger partial charge in [0.05, 0.1) is 17.9 Å². The summed E-state index contributed by atoms with van der Waals surface area (Å²) in [6.45, 7) is 1.92. The third-order valence-electron chi connectivity index (χ3n) is 2.57. The van der Waals surface area contributed by atoms with Gasteiger partial charge in [-0.15, -0.1) is 0 Å². The van der Waals surface area contributed by atoms with Crippen molar-refractivity contribution in [1.82, 2.24) is 5.32 Å². The van der Waals surface area contributed by atoms with Crippen molar-refractivity contribution in [3.8, 4) is 0 Å². The van der Waals surface area contributed by atoms with E-state index < -0.39 is 0 Å². The second kappa shape index (κ2) is 4.74. The summed E-state index contributed by atoms with van der Waals surface area (Å²) in [7, 11) is 0. The number of rotatable bonds is 3. The molecular weight excluding hydrogens is 216 g/mol. The molecule has 1 amide bonds. The average Bonchev–Trinajstić information content (AvgIpc) is 2.83. The number of anilines is 1. The number of carbonyl (C=O) groups is 1. The van der Waals surface area contributed by atoms with Crippen LogP contribution in [0.25, 0.3) is 0 Å². The second-order valence-electron chi connectivity index (χ2n) is 3.87. The number of nitrogen functional groups attached to an aromatic ring is 1. The van der Waals surface area contributed by atoms with Gasteiger partial charge in [-0.2, -0.15) is 0 Å². The average molecular weight is 230 g/mol. The highest BCUT2D eigenvalue weighted by Gasteiger charge is 2.11. The summed E-state index contributed by atoms with van der Waals surface area (Å²) < 4.78 is 4.86. The Hall–Kier alpha value is -2.23. The molecule has 0 bridgehead atoms. The van der Waals surface area contributed by atoms with Crippen LogP contribution >= 0.6 is 0 Å². The molecule has 0 aliphatic rings. The molecule has 1 aromatic carbocycles. The lowest BCUT2D eigenvalue weighted by Gasteiger charge is -2.13. The van der Waals surface area contributed by atoms with Crippen molar-refractivity contribution in [2.75, 3.05) is 5.73 Å². The first-order valence-corrected chi connectivity index (χ1v) is 5.35. The number of amides is 1. The maximum absolute atomic E-state index is 11.8. The van der Waals surface area contributed by atoms with Crippen molar-refractivity contribution < 1.29 is 9.21 Å². The lowest BCUT2D eigenvalue weighted by molar-refractivity contribution is 0.0939. The van der Waals surface area contributed by atoms with Crippen LogP contribution in [0.1, 0.15) is 28.9 Å². The predicted molar refractivity (Wildman–Crippen MR) is 65.4 cm³/mol. The Kier molecular flexibility index (Phi) is 3.14. The van der Waals surface area contributed by atoms with E-state index in [4.69, 9.17) is 10.2 Å². The maximum Gasteiger partial charge on any atom is 0.255 e. The van der Waals surface area contributed by atoms with Crippen molar-refractivity contribution in [2.45, 2.75) is 13.0 Å². The van der Waals surface area contributed by atoms with Gasteiger partial charge in [-0.3, -0.25) is 4.79 Å². The summed E-state index contributed by atoms with van der Waals surface area (Å²) in [4.78, 5) is 11.8. The van der Waals surface area contributed by atoms with Crippen molar-refractivity contribution >= 4 is 11.6 Å². The first-order chi connectivity index (χ1) is 8.16. The third kappa shape index (κ3) is 2.66. The molecule has 1 unspecified atom stereocenters. The molecule has 17 heavy (non-hydrogen) atoms. The minimum absolute atomic E-state index is 0.0713. The van der Waals surface area contributed by atoms with Crippen LogP contribution in [0.2, 0.25) is 0 Å². The zero-order valence-corrected chi connectivity index (χ0v) is 9.51. The van der Waals surface area contributed by atoms with Gasteiger partial charge in [0.25, 0.3) is 5.91 Å². The van der Waals surface area contributed by atoms with E-state index in [0.29, 0.717) is 11.3 Å². The molecule has 1 aromatic heterocycles. The Labute approximate surface area is 99.4 Å². The highest BCUT2D eigenvalue weighted by molar-refractivity contribution is 5.94. The lowest BCUT2D eigenvalue weighted by atomic mass is 10.1. The van der Waals surface area contributed by atoms with E-state index >= 15 is 0 Å². The summed E-state index contributed by atoms with van der Waals surface area (Å²) >= 11 is 0. The zero-order valence-electron chi connectivity index (χ0n) is 9.51. The van der Waals surface area contributed by atoms with E-state index in [9.17, 15) is 4.79 Å². The van der Waals surface area contributed by atoms with Gasteiger partial charge < -0.3 is 15.5 Å². The smallest absolute Gasteiger partial charge is 0.255 e. The van der Waals surface area contributed by atoms with Gasteiger partial charge in [-0.1, -0.05) is 12.1 Å². The lowest BCUT2D eigenvalue weighted by Crippen LogP contribution is -2.26. The van der Waals surface area contributed by atoms with Crippen LogP contribution in [0.15, 0.2) is 47.3 Å². The van der Waals surface area contributed by atoms with E-state index in [1.54, 1.807) is 6.07 Å². The number of carbonyl (C=O) groups excluding carboxylic acids is 1. The highest BCUT2D eigenvalue weighted by atomic mass is 16.3. The Morgan fingerprint density at radius 2 is 2.00 bits per heavy atom. The Morgan fingerprint density at radius 1 is 1.29 bits per heavy atom. The number of hydrogen-bond acceptors (Lipinski definition) is 3. The first-order valence-electron chi connectivity index (χ1n) is 5.35. The predicted octanol–water partition coefficient (Wildman–Crippen LogP) is 2.35. The van der Waals surface area contributed by atoms with Crippen LogP contribution in [-0.4, -0.2) is 5.91 Å². The van der Waals surface area contributed by atoms with Crippen LogP contribution in [-0.2, 0) is 0 Å². The van der Waals surface area contributed by atoms with E-state index in [0.717, 1.165) is 5.56 Å². The second-order valence-corrected chi connectivity index (χ2v) is 3.87. The van der Waals surface area contributed by atoms with Gasteiger partial charge in [0.1, 0.15) is 6.26 Å². The molecule has 0 aliphatic carbocycles. The maximum atomic E-state index is 11.8. The molecule has 2 aromatic rings. The van der Waals surface area contributed by atoms with Gasteiger partial charge in [-0.05, 0) is 30.7 Å². The molecule has 4 nitrogen and oxygen atoms in total. The minimum atomic E-state index is -0.150. The molecule has 0 spiro atoms. The Bertz CT molecular complexity index is 489. The topological polar surface area (TPSA) is 68.3 Å². The first kappa shape index (κ1) is 11.3. The van der Waals surface area contributed by atoms with Crippen molar-refractivity contribution in [3.63, 3.8) is 0 Å². The minimum Gasteiger partial charge on any atom is -0.472 e. The molecular formula is C13H14N2O2. The summed E-state index contributed by atoms with van der Waals surface area (Å²) in [5.74, 6) is -0.150. The molecule has 0 saturated heterocycles. The quantitative estimate of drug-likeness (QED) is 0.795. The fraction of sp³-hybridized carbons (Fsp3) is 0.154. The van der Waals surface area contributed by atoms with Crippen molar-refractivity contribution in [2.24, 2.45) is 0 Å². The summed E-state index contributed by atoms with van der Waals surface area (Å²) in [5.41, 5.74) is 7.85. The van der Waals surface area contributed by atoms with Crippen LogP contribution in [0, 0.1) is 0 Å². The zero-order chi connectivity index (χ0) is 12.3. The molecule has 1 atom stereocenters. The van der Waals surface area contributed by atoms with Gasteiger partial charge in [0.15, 0.2) is 0 Å². The molecule has 0 fully saturated rings. The van der Waals surface area contributed by atoms with E-state index in [1.807, 2.05) is 31.2 Å². The van der Waals surface area contributed by atoms with Crippen LogP contribution < -0.4 is 11.1 Å². The van der Waals surface area contributed by atoms with Crippen LogP contribution in [0.5, 0.6) is 0 Å². The number of hydrogen-bond donors (Lipinski definition) is 2. The molecule has 3 N–H and O–H groups in total. The fourth-order valence-corrected chi connectivity index (χ4v) is 1.54. The molecule has 0 aliphatic heterocycles. The standard InChI is InChI=1S/C13H14N2O2/c1-9(10-2-4-12(14)5-3-10)15-13(16)11-6-7-17-8-11/h2-9H,14H2,1H3,(H,15,16). The number of benzene rings is 1. The fourth-order valence-electron chi connectivity index (χ4n) is 1.54. The third-order valence-corrected chi connectivity index (χ3v) is 2.57. The van der Waals surface area contributed by atoms with Gasteiger partial charge in [-0.25, -0.2) is 0 Å². The molecule has 0 saturated carbocycles. The van der Waals surface area contributed by atoms with Gasteiger partial charge in [0, 0.05) is 5.69 Å². The molecule has 0 radical (unpaired) electrons. The normalized spacial score (nSPS) is 12.1. The molecule has 88 valence electrons. The SMILES string of the molecule is CC(NC(=O)c1ccoc1)c1ccc(N)cc1. The number of furan rings is 1. The van der Waals surface area contributed by atoms with E-state index in [2.05, 4.69) is 5.32 Å². The largest absolute Gasteiger partial charge is 0.472 e. The summed E-state index contributed by atoms with van der Waals surface area (Å²) in [6, 6.07) is 8.99. The van der Waals surface area contributed by atoms with Crippen molar-refractivity contribution in [3.05, 3.63) is 54.0 Å². The Balaban J connectivity index is 2.04. The van der Waals surface area contributed by atoms with Crippen LogP contribution in [0.3, 0.4) is 0 Å². The Morgan fingerprint density at radius 3 is 2.59 bits per heavy atom. The molecule has 2 rings (SSSR count).